The molecular weight excluding hydrogens is 407 g/mol. The zero-order chi connectivity index (χ0) is 22.3. The van der Waals surface area contributed by atoms with Gasteiger partial charge in [0.15, 0.2) is 17.2 Å². The van der Waals surface area contributed by atoms with Crippen molar-refractivity contribution in [1.29, 1.82) is 0 Å². The number of benzene rings is 1. The number of hydrogen-bond donors (Lipinski definition) is 2. The Morgan fingerprint density at radius 3 is 2.32 bits per heavy atom. The fourth-order valence-electron chi connectivity index (χ4n) is 3.92. The second kappa shape index (κ2) is 8.03. The first-order valence-electron chi connectivity index (χ1n) is 9.94. The molecular formula is C21H23FN4O5. The van der Waals surface area contributed by atoms with Crippen molar-refractivity contribution in [3.63, 3.8) is 0 Å². The van der Waals surface area contributed by atoms with Crippen LogP contribution in [0, 0.1) is 5.82 Å². The predicted octanol–water partition coefficient (Wildman–Crippen LogP) is 0.329. The third-order valence-electron chi connectivity index (χ3n) is 5.80. The summed E-state index contributed by atoms with van der Waals surface area (Å²) in [7, 11) is 1.69. The van der Waals surface area contributed by atoms with Crippen LogP contribution in [0.2, 0.25) is 0 Å². The largest absolute Gasteiger partial charge is 0.504 e. The molecule has 2 aliphatic rings. The maximum atomic E-state index is 13.1. The van der Waals surface area contributed by atoms with Crippen LogP contribution in [0.5, 0.6) is 11.5 Å². The lowest BCUT2D eigenvalue weighted by molar-refractivity contribution is -0.134. The Labute approximate surface area is 177 Å². The normalized spacial score (nSPS) is 17.2. The predicted molar refractivity (Wildman–Crippen MR) is 108 cm³/mol. The van der Waals surface area contributed by atoms with E-state index in [4.69, 9.17) is 0 Å². The minimum Gasteiger partial charge on any atom is -0.504 e. The summed E-state index contributed by atoms with van der Waals surface area (Å²) in [6.07, 6.45) is 0. The number of carbonyl (C=O) groups excluding carboxylic acids is 2. The van der Waals surface area contributed by atoms with Gasteiger partial charge in [0.25, 0.3) is 11.5 Å². The highest BCUT2D eigenvalue weighted by Crippen LogP contribution is 2.33. The van der Waals surface area contributed by atoms with E-state index >= 15 is 0 Å². The zero-order valence-electron chi connectivity index (χ0n) is 17.0. The number of halogens is 1. The van der Waals surface area contributed by atoms with Crippen molar-refractivity contribution in [1.82, 2.24) is 19.3 Å². The number of rotatable bonds is 4. The third kappa shape index (κ3) is 3.86. The van der Waals surface area contributed by atoms with Gasteiger partial charge in [0.1, 0.15) is 5.82 Å². The number of nitrogens with zero attached hydrogens (tertiary/aromatic N) is 4. The lowest BCUT2D eigenvalue weighted by Crippen LogP contribution is -2.49. The van der Waals surface area contributed by atoms with Gasteiger partial charge in [0.05, 0.1) is 12.1 Å². The van der Waals surface area contributed by atoms with Gasteiger partial charge in [-0.25, -0.2) is 4.39 Å². The number of piperazine rings is 1. The summed E-state index contributed by atoms with van der Waals surface area (Å²) in [5.74, 6) is -2.37. The first-order chi connectivity index (χ1) is 14.8. The van der Waals surface area contributed by atoms with Crippen LogP contribution in [0.1, 0.15) is 21.6 Å². The van der Waals surface area contributed by atoms with Crippen LogP contribution in [0.15, 0.2) is 29.1 Å². The molecule has 4 rings (SSSR count). The second-order valence-electron chi connectivity index (χ2n) is 7.86. The van der Waals surface area contributed by atoms with Gasteiger partial charge in [-0.15, -0.1) is 0 Å². The molecule has 31 heavy (non-hydrogen) atoms. The summed E-state index contributed by atoms with van der Waals surface area (Å²) in [5.41, 5.74) is -0.176. The van der Waals surface area contributed by atoms with Crippen LogP contribution < -0.4 is 5.56 Å². The average Bonchev–Trinajstić information content (AvgIpc) is 2.75. The van der Waals surface area contributed by atoms with E-state index in [1.807, 2.05) is 0 Å². The molecule has 1 fully saturated rings. The fraction of sp³-hybridized carbons (Fsp3) is 0.381. The van der Waals surface area contributed by atoms with Crippen LogP contribution in [0.3, 0.4) is 0 Å². The van der Waals surface area contributed by atoms with Crippen molar-refractivity contribution >= 4 is 11.8 Å². The van der Waals surface area contributed by atoms with E-state index in [1.165, 1.54) is 21.6 Å². The number of pyridine rings is 1. The molecule has 10 heteroatoms. The molecule has 0 atom stereocenters. The van der Waals surface area contributed by atoms with Crippen molar-refractivity contribution in [2.24, 2.45) is 0 Å². The Morgan fingerprint density at radius 1 is 0.935 bits per heavy atom. The van der Waals surface area contributed by atoms with E-state index in [9.17, 15) is 29.0 Å². The average molecular weight is 430 g/mol. The van der Waals surface area contributed by atoms with Gasteiger partial charge in [-0.1, -0.05) is 12.1 Å². The molecule has 3 heterocycles. The van der Waals surface area contributed by atoms with Gasteiger partial charge < -0.3 is 20.0 Å². The van der Waals surface area contributed by atoms with Crippen LogP contribution in [-0.4, -0.2) is 74.5 Å². The van der Waals surface area contributed by atoms with Crippen LogP contribution in [0.4, 0.5) is 4.39 Å². The second-order valence-corrected chi connectivity index (χ2v) is 7.86. The highest BCUT2D eigenvalue weighted by molar-refractivity contribution is 5.96. The fourth-order valence-corrected chi connectivity index (χ4v) is 3.92. The molecule has 1 aromatic carbocycles. The lowest BCUT2D eigenvalue weighted by Gasteiger charge is -2.33. The Bertz CT molecular complexity index is 1100. The number of carbonyl (C=O) groups is 2. The van der Waals surface area contributed by atoms with Crippen molar-refractivity contribution in [3.8, 4) is 11.5 Å². The Balaban J connectivity index is 1.61. The van der Waals surface area contributed by atoms with Gasteiger partial charge >= 0.3 is 0 Å². The molecule has 1 saturated heterocycles. The summed E-state index contributed by atoms with van der Waals surface area (Å²) < 4.78 is 14.3. The summed E-state index contributed by atoms with van der Waals surface area (Å²) in [5, 5.41) is 21.1. The summed E-state index contributed by atoms with van der Waals surface area (Å²) in [6.45, 7) is 1.65. The van der Waals surface area contributed by atoms with Crippen molar-refractivity contribution in [3.05, 3.63) is 57.3 Å². The molecule has 0 aliphatic carbocycles. The number of likely N-dealkylation sites (N-methyl/N-ethyl adjacent to an activating group) is 1. The third-order valence-corrected chi connectivity index (χ3v) is 5.80. The first-order valence-corrected chi connectivity index (χ1v) is 9.94. The molecule has 9 nitrogen and oxygen atoms in total. The number of hydrogen-bond acceptors (Lipinski definition) is 6. The maximum Gasteiger partial charge on any atom is 0.274 e. The highest BCUT2D eigenvalue weighted by Gasteiger charge is 2.33. The van der Waals surface area contributed by atoms with E-state index in [-0.39, 0.29) is 55.7 Å². The smallest absolute Gasteiger partial charge is 0.274 e. The van der Waals surface area contributed by atoms with Gasteiger partial charge in [0.2, 0.25) is 5.91 Å². The standard InChI is InChI=1S/C21H23FN4O5/c1-23-6-7-24(12-16(23)27)11-15-18(28)19(29)17-21(31)25(8-9-26(17)20(15)30)10-13-2-4-14(22)5-3-13/h2-5,28-29H,6-12H2,1H3. The van der Waals surface area contributed by atoms with E-state index < -0.39 is 23.0 Å². The number of aromatic hydroxyl groups is 2. The number of fused-ring (bicyclic) bond motifs is 1. The summed E-state index contributed by atoms with van der Waals surface area (Å²) in [4.78, 5) is 42.6. The maximum absolute atomic E-state index is 13.1. The van der Waals surface area contributed by atoms with Crippen molar-refractivity contribution < 1.29 is 24.2 Å². The lowest BCUT2D eigenvalue weighted by atomic mass is 10.1. The number of amides is 2. The Morgan fingerprint density at radius 2 is 1.65 bits per heavy atom. The molecule has 0 saturated carbocycles. The highest BCUT2D eigenvalue weighted by atomic mass is 19.1. The van der Waals surface area contributed by atoms with Gasteiger partial charge in [-0.05, 0) is 17.7 Å². The molecule has 0 bridgehead atoms. The summed E-state index contributed by atoms with van der Waals surface area (Å²) >= 11 is 0. The van der Waals surface area contributed by atoms with E-state index in [1.54, 1.807) is 29.0 Å². The van der Waals surface area contributed by atoms with Crippen LogP contribution in [0.25, 0.3) is 0 Å². The molecule has 0 spiro atoms. The number of aromatic nitrogens is 1. The molecule has 1 aromatic heterocycles. The molecule has 0 unspecified atom stereocenters. The Kier molecular flexibility index (Phi) is 5.40. The summed E-state index contributed by atoms with van der Waals surface area (Å²) in [6, 6.07) is 5.70. The van der Waals surface area contributed by atoms with Gasteiger partial charge in [0, 0.05) is 46.3 Å². The van der Waals surface area contributed by atoms with E-state index in [0.717, 1.165) is 0 Å². The van der Waals surface area contributed by atoms with E-state index in [0.29, 0.717) is 18.7 Å². The Hall–Kier alpha value is -3.40. The van der Waals surface area contributed by atoms with Crippen LogP contribution >= 0.6 is 0 Å². The SMILES string of the molecule is CN1CCN(Cc2c(O)c(O)c3n(c2=O)CCN(Cc2ccc(F)cc2)C3=O)CC1=O. The molecule has 2 amide bonds. The minimum atomic E-state index is -0.649. The minimum absolute atomic E-state index is 0.00836. The topological polar surface area (TPSA) is 106 Å². The monoisotopic (exact) mass is 430 g/mol. The van der Waals surface area contributed by atoms with Gasteiger partial charge in [-0.3, -0.25) is 23.9 Å². The quantitative estimate of drug-likeness (QED) is 0.724. The molecule has 164 valence electrons. The van der Waals surface area contributed by atoms with Gasteiger partial charge in [-0.2, -0.15) is 0 Å². The molecule has 2 aromatic rings. The van der Waals surface area contributed by atoms with Crippen molar-refractivity contribution in [2.75, 3.05) is 33.2 Å². The molecule has 0 radical (unpaired) electrons. The van der Waals surface area contributed by atoms with Crippen LogP contribution in [-0.2, 0) is 24.4 Å². The first kappa shape index (κ1) is 20.9. The zero-order valence-corrected chi connectivity index (χ0v) is 17.0. The van der Waals surface area contributed by atoms with E-state index in [2.05, 4.69) is 0 Å². The van der Waals surface area contributed by atoms with Crippen molar-refractivity contribution in [2.45, 2.75) is 19.6 Å². The molecule has 2 aliphatic heterocycles. The molecule has 2 N–H and O–H groups in total.